The highest BCUT2D eigenvalue weighted by Crippen LogP contribution is 2.32. The van der Waals surface area contributed by atoms with Crippen LogP contribution in [0.15, 0.2) is 47.4 Å². The normalized spacial score (nSPS) is 19.5. The Bertz CT molecular complexity index is 1110. The van der Waals surface area contributed by atoms with Gasteiger partial charge in [0.25, 0.3) is 5.69 Å². The topological polar surface area (TPSA) is 101 Å². The third-order valence-electron chi connectivity index (χ3n) is 5.89. The predicted octanol–water partition coefficient (Wildman–Crippen LogP) is 2.64. The van der Waals surface area contributed by atoms with Gasteiger partial charge in [0, 0.05) is 31.3 Å². The molecule has 1 saturated heterocycles. The van der Waals surface area contributed by atoms with E-state index in [-0.39, 0.29) is 23.0 Å². The first-order valence-corrected chi connectivity index (χ1v) is 11.4. The number of hydrogen-bond donors (Lipinski definition) is 0. The zero-order chi connectivity index (χ0) is 21.5. The molecule has 4 rings (SSSR count). The maximum absolute atomic E-state index is 13.5. The van der Waals surface area contributed by atoms with Gasteiger partial charge in [-0.15, -0.1) is 0 Å². The van der Waals surface area contributed by atoms with Crippen LogP contribution in [-0.4, -0.2) is 47.6 Å². The molecule has 1 amide bonds. The molecule has 158 valence electrons. The standard InChI is InChI=1S/C21H23N3O5S/c1-15-8-9-18(13-19(15)24(26)27)30(28,29)23-14-17-7-3-2-6-16(17)12-20(23)21(25)22-10-4-5-11-22/h2-3,6-9,13,20H,4-5,10-12,14H2,1H3/t20-/m0/s1. The average molecular weight is 429 g/mol. The molecule has 2 aliphatic rings. The minimum absolute atomic E-state index is 0.0599. The Morgan fingerprint density at radius 2 is 1.77 bits per heavy atom. The van der Waals surface area contributed by atoms with Crippen molar-refractivity contribution >= 4 is 21.6 Å². The summed E-state index contributed by atoms with van der Waals surface area (Å²) in [6.07, 6.45) is 2.11. The minimum atomic E-state index is -4.12. The van der Waals surface area contributed by atoms with Crippen LogP contribution in [0.25, 0.3) is 0 Å². The van der Waals surface area contributed by atoms with E-state index in [1.54, 1.807) is 11.8 Å². The van der Waals surface area contributed by atoms with Gasteiger partial charge in [0.15, 0.2) is 0 Å². The molecule has 30 heavy (non-hydrogen) atoms. The van der Waals surface area contributed by atoms with Crippen molar-refractivity contribution in [3.63, 3.8) is 0 Å². The second kappa shape index (κ2) is 7.81. The van der Waals surface area contributed by atoms with Crippen LogP contribution in [0.4, 0.5) is 5.69 Å². The number of benzene rings is 2. The molecule has 0 N–H and O–H groups in total. The number of carbonyl (C=O) groups excluding carboxylic acids is 1. The zero-order valence-corrected chi connectivity index (χ0v) is 17.5. The summed E-state index contributed by atoms with van der Waals surface area (Å²) in [6, 6.07) is 10.5. The number of hydrogen-bond acceptors (Lipinski definition) is 5. The lowest BCUT2D eigenvalue weighted by atomic mass is 9.95. The summed E-state index contributed by atoms with van der Waals surface area (Å²) in [5.41, 5.74) is 1.92. The van der Waals surface area contributed by atoms with E-state index in [9.17, 15) is 23.3 Å². The summed E-state index contributed by atoms with van der Waals surface area (Å²) in [4.78, 5) is 25.5. The van der Waals surface area contributed by atoms with E-state index in [0.29, 0.717) is 25.1 Å². The number of fused-ring (bicyclic) bond motifs is 1. The van der Waals surface area contributed by atoms with Crippen LogP contribution in [0.3, 0.4) is 0 Å². The lowest BCUT2D eigenvalue weighted by Gasteiger charge is -2.36. The van der Waals surface area contributed by atoms with Crippen LogP contribution in [0, 0.1) is 17.0 Å². The van der Waals surface area contributed by atoms with Gasteiger partial charge >= 0.3 is 0 Å². The fourth-order valence-electron chi connectivity index (χ4n) is 4.19. The molecule has 1 fully saturated rings. The highest BCUT2D eigenvalue weighted by Gasteiger charge is 2.42. The Kier molecular flexibility index (Phi) is 5.33. The third kappa shape index (κ3) is 3.59. The average Bonchev–Trinajstić information content (AvgIpc) is 3.27. The molecule has 2 heterocycles. The van der Waals surface area contributed by atoms with E-state index >= 15 is 0 Å². The first-order valence-electron chi connectivity index (χ1n) is 9.91. The number of carbonyl (C=O) groups is 1. The van der Waals surface area contributed by atoms with E-state index in [4.69, 9.17) is 0 Å². The Morgan fingerprint density at radius 1 is 1.10 bits per heavy atom. The van der Waals surface area contributed by atoms with Gasteiger partial charge in [-0.3, -0.25) is 14.9 Å². The van der Waals surface area contributed by atoms with Crippen LogP contribution in [0.2, 0.25) is 0 Å². The van der Waals surface area contributed by atoms with Crippen molar-refractivity contribution in [2.24, 2.45) is 0 Å². The maximum Gasteiger partial charge on any atom is 0.273 e. The first-order chi connectivity index (χ1) is 14.3. The first kappa shape index (κ1) is 20.5. The fraction of sp³-hybridized carbons (Fsp3) is 0.381. The van der Waals surface area contributed by atoms with Gasteiger partial charge in [0.05, 0.1) is 9.82 Å². The van der Waals surface area contributed by atoms with Gasteiger partial charge in [-0.1, -0.05) is 30.3 Å². The molecule has 1 atom stereocenters. The van der Waals surface area contributed by atoms with Crippen molar-refractivity contribution in [2.45, 2.75) is 43.7 Å². The number of rotatable bonds is 4. The van der Waals surface area contributed by atoms with Gasteiger partial charge < -0.3 is 4.90 Å². The second-order valence-electron chi connectivity index (χ2n) is 7.78. The SMILES string of the molecule is Cc1ccc(S(=O)(=O)N2Cc3ccccc3C[C@H]2C(=O)N2CCCC2)cc1[N+](=O)[O-]. The molecule has 0 radical (unpaired) electrons. The summed E-state index contributed by atoms with van der Waals surface area (Å²) in [5, 5.41) is 11.3. The fourth-order valence-corrected chi connectivity index (χ4v) is 5.77. The molecule has 0 bridgehead atoms. The van der Waals surface area contributed by atoms with Gasteiger partial charge in [0.1, 0.15) is 6.04 Å². The summed E-state index contributed by atoms with van der Waals surface area (Å²) in [6.45, 7) is 2.87. The lowest BCUT2D eigenvalue weighted by Crippen LogP contribution is -2.53. The van der Waals surface area contributed by atoms with Gasteiger partial charge in [-0.2, -0.15) is 4.31 Å². The van der Waals surface area contributed by atoms with E-state index in [2.05, 4.69) is 0 Å². The molecule has 0 saturated carbocycles. The molecule has 2 aliphatic heterocycles. The summed E-state index contributed by atoms with van der Waals surface area (Å²) >= 11 is 0. The Hall–Kier alpha value is -2.78. The van der Waals surface area contributed by atoms with Gasteiger partial charge in [-0.25, -0.2) is 8.42 Å². The Labute approximate surface area is 175 Å². The quantitative estimate of drug-likeness (QED) is 0.549. The van der Waals surface area contributed by atoms with Crippen molar-refractivity contribution < 1.29 is 18.1 Å². The number of nitrogens with zero attached hydrogens (tertiary/aromatic N) is 3. The van der Waals surface area contributed by atoms with Gasteiger partial charge in [-0.05, 0) is 43.4 Å². The molecule has 0 aromatic heterocycles. The van der Waals surface area contributed by atoms with Crippen molar-refractivity contribution in [1.82, 2.24) is 9.21 Å². The minimum Gasteiger partial charge on any atom is -0.341 e. The molecule has 9 heteroatoms. The van der Waals surface area contributed by atoms with E-state index in [0.717, 1.165) is 30.0 Å². The summed E-state index contributed by atoms with van der Waals surface area (Å²) in [5.74, 6) is -0.202. The number of sulfonamides is 1. The molecular weight excluding hydrogens is 406 g/mol. The maximum atomic E-state index is 13.5. The monoisotopic (exact) mass is 429 g/mol. The molecule has 2 aromatic carbocycles. The summed E-state index contributed by atoms with van der Waals surface area (Å²) in [7, 11) is -4.12. The van der Waals surface area contributed by atoms with Crippen molar-refractivity contribution in [3.05, 3.63) is 69.3 Å². The highest BCUT2D eigenvalue weighted by atomic mass is 32.2. The lowest BCUT2D eigenvalue weighted by molar-refractivity contribution is -0.385. The summed E-state index contributed by atoms with van der Waals surface area (Å²) < 4.78 is 28.3. The third-order valence-corrected chi connectivity index (χ3v) is 7.74. The Balaban J connectivity index is 1.77. The van der Waals surface area contributed by atoms with Crippen LogP contribution >= 0.6 is 0 Å². The van der Waals surface area contributed by atoms with Crippen LogP contribution in [0.5, 0.6) is 0 Å². The second-order valence-corrected chi connectivity index (χ2v) is 9.67. The molecule has 2 aromatic rings. The van der Waals surface area contributed by atoms with E-state index in [1.165, 1.54) is 16.4 Å². The number of aryl methyl sites for hydroxylation is 1. The van der Waals surface area contributed by atoms with Crippen molar-refractivity contribution in [3.8, 4) is 0 Å². The number of nitro groups is 1. The Morgan fingerprint density at radius 3 is 2.43 bits per heavy atom. The van der Waals surface area contributed by atoms with Crippen molar-refractivity contribution in [2.75, 3.05) is 13.1 Å². The van der Waals surface area contributed by atoms with Gasteiger partial charge in [0.2, 0.25) is 15.9 Å². The molecule has 0 aliphatic carbocycles. The van der Waals surface area contributed by atoms with Crippen LogP contribution in [0.1, 0.15) is 29.5 Å². The number of likely N-dealkylation sites (tertiary alicyclic amines) is 1. The molecule has 8 nitrogen and oxygen atoms in total. The molecular formula is C21H23N3O5S. The van der Waals surface area contributed by atoms with E-state index < -0.39 is 21.0 Å². The number of amides is 1. The number of nitro benzene ring substituents is 1. The predicted molar refractivity (Wildman–Crippen MR) is 110 cm³/mol. The zero-order valence-electron chi connectivity index (χ0n) is 16.7. The molecule has 0 unspecified atom stereocenters. The highest BCUT2D eigenvalue weighted by molar-refractivity contribution is 7.89. The van der Waals surface area contributed by atoms with Crippen LogP contribution < -0.4 is 0 Å². The molecule has 0 spiro atoms. The largest absolute Gasteiger partial charge is 0.341 e. The van der Waals surface area contributed by atoms with E-state index in [1.807, 2.05) is 24.3 Å². The smallest absolute Gasteiger partial charge is 0.273 e. The van der Waals surface area contributed by atoms with Crippen LogP contribution in [-0.2, 0) is 27.8 Å². The van der Waals surface area contributed by atoms with Crippen molar-refractivity contribution in [1.29, 1.82) is 0 Å².